The van der Waals surface area contributed by atoms with Crippen LogP contribution in [0.5, 0.6) is 0 Å². The summed E-state index contributed by atoms with van der Waals surface area (Å²) in [6.07, 6.45) is 0. The summed E-state index contributed by atoms with van der Waals surface area (Å²) in [4.78, 5) is 16.2. The van der Waals surface area contributed by atoms with E-state index in [0.29, 0.717) is 16.4 Å². The van der Waals surface area contributed by atoms with E-state index < -0.39 is 0 Å². The molecule has 1 aromatic carbocycles. The molecule has 1 aromatic heterocycles. The number of anilines is 1. The van der Waals surface area contributed by atoms with Crippen molar-refractivity contribution in [1.82, 2.24) is 4.98 Å². The third-order valence-electron chi connectivity index (χ3n) is 3.01. The summed E-state index contributed by atoms with van der Waals surface area (Å²) in [5, 5.41) is 3.28. The lowest BCUT2D eigenvalue weighted by Gasteiger charge is -2.12. The lowest BCUT2D eigenvalue weighted by atomic mass is 10.1. The highest BCUT2D eigenvalue weighted by molar-refractivity contribution is 6.35. The third kappa shape index (κ3) is 3.11. The highest BCUT2D eigenvalue weighted by Gasteiger charge is 2.14. The molecule has 0 aliphatic heterocycles. The van der Waals surface area contributed by atoms with E-state index in [9.17, 15) is 4.79 Å². The number of carbonyl (C=O) groups is 1. The van der Waals surface area contributed by atoms with Crippen LogP contribution in [0.3, 0.4) is 0 Å². The molecular weight excluding hydrogens is 295 g/mol. The Morgan fingerprint density at radius 2 is 1.80 bits per heavy atom. The largest absolute Gasteiger partial charge is 0.319 e. The van der Waals surface area contributed by atoms with Gasteiger partial charge in [-0.15, -0.1) is 0 Å². The van der Waals surface area contributed by atoms with Gasteiger partial charge in [-0.2, -0.15) is 0 Å². The summed E-state index contributed by atoms with van der Waals surface area (Å²) in [5.41, 5.74) is 3.90. The Hall–Kier alpha value is -1.58. The number of halogens is 2. The van der Waals surface area contributed by atoms with Crippen molar-refractivity contribution in [3.05, 3.63) is 56.8 Å². The Morgan fingerprint density at radius 1 is 1.10 bits per heavy atom. The van der Waals surface area contributed by atoms with Crippen LogP contribution in [-0.4, -0.2) is 10.9 Å². The summed E-state index contributed by atoms with van der Waals surface area (Å²) >= 11 is 11.8. The first-order chi connectivity index (χ1) is 9.38. The number of carbonyl (C=O) groups excluding carboxylic acids is 1. The minimum absolute atomic E-state index is 0.188. The zero-order valence-electron chi connectivity index (χ0n) is 11.4. The molecule has 1 N–H and O–H groups in total. The molecule has 5 heteroatoms. The number of benzene rings is 1. The number of hydrogen-bond donors (Lipinski definition) is 1. The van der Waals surface area contributed by atoms with Gasteiger partial charge in [0.1, 0.15) is 5.15 Å². The second-order valence-corrected chi connectivity index (χ2v) is 5.45. The van der Waals surface area contributed by atoms with Crippen molar-refractivity contribution >= 4 is 34.8 Å². The van der Waals surface area contributed by atoms with E-state index in [1.54, 1.807) is 12.1 Å². The van der Waals surface area contributed by atoms with E-state index in [1.165, 1.54) is 0 Å². The Morgan fingerprint density at radius 3 is 2.40 bits per heavy atom. The van der Waals surface area contributed by atoms with E-state index in [0.717, 1.165) is 16.7 Å². The predicted molar refractivity (Wildman–Crippen MR) is 82.9 cm³/mol. The quantitative estimate of drug-likeness (QED) is 0.826. The van der Waals surface area contributed by atoms with Crippen LogP contribution in [0.4, 0.5) is 5.69 Å². The van der Waals surface area contributed by atoms with Gasteiger partial charge in [-0.05, 0) is 44.0 Å². The van der Waals surface area contributed by atoms with Crippen LogP contribution in [0, 0.1) is 20.8 Å². The molecule has 0 aliphatic carbocycles. The number of rotatable bonds is 2. The highest BCUT2D eigenvalue weighted by atomic mass is 35.5. The molecule has 3 nitrogen and oxygen atoms in total. The molecule has 0 atom stereocenters. The fourth-order valence-electron chi connectivity index (χ4n) is 1.99. The molecule has 1 heterocycles. The monoisotopic (exact) mass is 308 g/mol. The van der Waals surface area contributed by atoms with Crippen molar-refractivity contribution in [2.24, 2.45) is 0 Å². The maximum atomic E-state index is 12.3. The average Bonchev–Trinajstić information content (AvgIpc) is 2.33. The Kier molecular flexibility index (Phi) is 4.31. The van der Waals surface area contributed by atoms with Gasteiger partial charge < -0.3 is 5.32 Å². The second-order valence-electron chi connectivity index (χ2n) is 4.70. The van der Waals surface area contributed by atoms with E-state index >= 15 is 0 Å². The van der Waals surface area contributed by atoms with Crippen LogP contribution < -0.4 is 5.32 Å². The van der Waals surface area contributed by atoms with Gasteiger partial charge in [0.15, 0.2) is 5.15 Å². The standard InChI is InChI=1S/C15H14Cl2N2O/c1-8-4-5-11(9(2)6-8)15(20)19-13-10(3)7-12(16)18-14(13)17/h4-7H,1-3H3,(H,19,20). The van der Waals surface area contributed by atoms with Gasteiger partial charge in [0, 0.05) is 5.56 Å². The van der Waals surface area contributed by atoms with Crippen LogP contribution in [-0.2, 0) is 0 Å². The van der Waals surface area contributed by atoms with Gasteiger partial charge in [-0.25, -0.2) is 4.98 Å². The first kappa shape index (κ1) is 14.8. The Bertz CT molecular complexity index is 661. The highest BCUT2D eigenvalue weighted by Crippen LogP contribution is 2.27. The summed E-state index contributed by atoms with van der Waals surface area (Å²) < 4.78 is 0. The Balaban J connectivity index is 2.33. The number of nitrogens with zero attached hydrogens (tertiary/aromatic N) is 1. The number of hydrogen-bond acceptors (Lipinski definition) is 2. The lowest BCUT2D eigenvalue weighted by molar-refractivity contribution is 0.102. The van der Waals surface area contributed by atoms with Gasteiger partial charge in [-0.3, -0.25) is 4.79 Å². The minimum atomic E-state index is -0.211. The maximum absolute atomic E-state index is 12.3. The molecule has 104 valence electrons. The summed E-state index contributed by atoms with van der Waals surface area (Å²) in [6.45, 7) is 5.70. The summed E-state index contributed by atoms with van der Waals surface area (Å²) in [6, 6.07) is 7.32. The first-order valence-electron chi connectivity index (χ1n) is 6.09. The van der Waals surface area contributed by atoms with Crippen LogP contribution in [0.25, 0.3) is 0 Å². The molecule has 1 amide bonds. The van der Waals surface area contributed by atoms with Crippen LogP contribution in [0.1, 0.15) is 27.0 Å². The lowest BCUT2D eigenvalue weighted by Crippen LogP contribution is -2.15. The molecule has 0 saturated carbocycles. The van der Waals surface area contributed by atoms with Crippen molar-refractivity contribution in [1.29, 1.82) is 0 Å². The maximum Gasteiger partial charge on any atom is 0.256 e. The molecule has 2 aromatic rings. The molecule has 0 spiro atoms. The Labute approximate surface area is 127 Å². The number of amides is 1. The molecule has 0 bridgehead atoms. The predicted octanol–water partition coefficient (Wildman–Crippen LogP) is 4.57. The van der Waals surface area contributed by atoms with Crippen molar-refractivity contribution < 1.29 is 4.79 Å². The molecule has 20 heavy (non-hydrogen) atoms. The van der Waals surface area contributed by atoms with Crippen LogP contribution >= 0.6 is 23.2 Å². The first-order valence-corrected chi connectivity index (χ1v) is 6.85. The van der Waals surface area contributed by atoms with Crippen molar-refractivity contribution in [3.63, 3.8) is 0 Å². The van der Waals surface area contributed by atoms with Gasteiger partial charge in [-0.1, -0.05) is 40.9 Å². The van der Waals surface area contributed by atoms with Crippen LogP contribution in [0.15, 0.2) is 24.3 Å². The SMILES string of the molecule is Cc1ccc(C(=O)Nc2c(C)cc(Cl)nc2Cl)c(C)c1. The molecule has 0 radical (unpaired) electrons. The third-order valence-corrected chi connectivity index (χ3v) is 3.47. The van der Waals surface area contributed by atoms with E-state index in [-0.39, 0.29) is 11.1 Å². The molecule has 0 aliphatic rings. The zero-order chi connectivity index (χ0) is 14.9. The van der Waals surface area contributed by atoms with E-state index in [1.807, 2.05) is 32.9 Å². The normalized spacial score (nSPS) is 10.4. The fraction of sp³-hybridized carbons (Fsp3) is 0.200. The van der Waals surface area contributed by atoms with Crippen LogP contribution in [0.2, 0.25) is 10.3 Å². The molecular formula is C15H14Cl2N2O. The second kappa shape index (κ2) is 5.81. The smallest absolute Gasteiger partial charge is 0.256 e. The van der Waals surface area contributed by atoms with Gasteiger partial charge in [0.05, 0.1) is 5.69 Å². The topological polar surface area (TPSA) is 42.0 Å². The van der Waals surface area contributed by atoms with E-state index in [2.05, 4.69) is 10.3 Å². The molecule has 0 saturated heterocycles. The van der Waals surface area contributed by atoms with Crippen molar-refractivity contribution in [2.45, 2.75) is 20.8 Å². The molecule has 0 fully saturated rings. The van der Waals surface area contributed by atoms with Crippen molar-refractivity contribution in [2.75, 3.05) is 5.32 Å². The average molecular weight is 309 g/mol. The number of aromatic nitrogens is 1. The molecule has 2 rings (SSSR count). The minimum Gasteiger partial charge on any atom is -0.319 e. The number of nitrogens with one attached hydrogen (secondary N) is 1. The van der Waals surface area contributed by atoms with Gasteiger partial charge in [0.2, 0.25) is 0 Å². The number of aryl methyl sites for hydroxylation is 3. The summed E-state index contributed by atoms with van der Waals surface area (Å²) in [5.74, 6) is -0.211. The molecule has 0 unspecified atom stereocenters. The fourth-order valence-corrected chi connectivity index (χ4v) is 2.57. The van der Waals surface area contributed by atoms with Gasteiger partial charge in [0.25, 0.3) is 5.91 Å². The van der Waals surface area contributed by atoms with Gasteiger partial charge >= 0.3 is 0 Å². The van der Waals surface area contributed by atoms with E-state index in [4.69, 9.17) is 23.2 Å². The van der Waals surface area contributed by atoms with Crippen molar-refractivity contribution in [3.8, 4) is 0 Å². The number of pyridine rings is 1. The zero-order valence-corrected chi connectivity index (χ0v) is 12.9. The summed E-state index contributed by atoms with van der Waals surface area (Å²) in [7, 11) is 0.